The van der Waals surface area contributed by atoms with Gasteiger partial charge in [0.2, 0.25) is 0 Å². The molecule has 2 N–H and O–H groups in total. The molecule has 1 aliphatic heterocycles. The first-order valence-corrected chi connectivity index (χ1v) is 5.41. The van der Waals surface area contributed by atoms with Crippen molar-refractivity contribution in [2.24, 2.45) is 17.8 Å². The van der Waals surface area contributed by atoms with E-state index < -0.39 is 12.3 Å². The van der Waals surface area contributed by atoms with E-state index in [4.69, 9.17) is 4.74 Å². The molecule has 5 heteroatoms. The van der Waals surface area contributed by atoms with Crippen molar-refractivity contribution >= 4 is 5.97 Å². The summed E-state index contributed by atoms with van der Waals surface area (Å²) >= 11 is 0. The van der Waals surface area contributed by atoms with Crippen molar-refractivity contribution in [3.05, 3.63) is 11.8 Å². The number of carbonyl (C=O) groups is 1. The van der Waals surface area contributed by atoms with Crippen molar-refractivity contribution in [3.8, 4) is 0 Å². The minimum absolute atomic E-state index is 0.00615. The number of aliphatic hydroxyl groups is 2. The largest absolute Gasteiger partial charge is 0.472 e. The summed E-state index contributed by atoms with van der Waals surface area (Å²) in [6, 6.07) is 0. The molecule has 0 radical (unpaired) electrons. The maximum absolute atomic E-state index is 11.5. The van der Waals surface area contributed by atoms with Gasteiger partial charge in [-0.25, -0.2) is 4.79 Å². The molecule has 1 fully saturated rings. The molecular formula is C11H16O5. The molecule has 0 spiro atoms. The van der Waals surface area contributed by atoms with Gasteiger partial charge in [0.25, 0.3) is 0 Å². The van der Waals surface area contributed by atoms with E-state index in [-0.39, 0.29) is 24.4 Å². The molecule has 0 amide bonds. The molecule has 0 bridgehead atoms. The highest BCUT2D eigenvalue weighted by Crippen LogP contribution is 2.45. The zero-order valence-electron chi connectivity index (χ0n) is 9.13. The Bertz CT molecular complexity index is 311. The highest BCUT2D eigenvalue weighted by Gasteiger charge is 2.47. The summed E-state index contributed by atoms with van der Waals surface area (Å²) in [5.74, 6) is -0.689. The van der Waals surface area contributed by atoms with Crippen LogP contribution in [-0.4, -0.2) is 36.2 Å². The number of carbonyl (C=O) groups excluding carboxylic acids is 1. The topological polar surface area (TPSA) is 76.0 Å². The van der Waals surface area contributed by atoms with Gasteiger partial charge in [-0.2, -0.15) is 0 Å². The van der Waals surface area contributed by atoms with E-state index in [0.29, 0.717) is 5.57 Å². The van der Waals surface area contributed by atoms with Crippen LogP contribution in [0.5, 0.6) is 0 Å². The fourth-order valence-corrected chi connectivity index (χ4v) is 2.75. The van der Waals surface area contributed by atoms with Crippen LogP contribution in [0.15, 0.2) is 11.8 Å². The summed E-state index contributed by atoms with van der Waals surface area (Å²) in [6.07, 6.45) is 1.92. The normalized spacial score (nSPS) is 37.3. The van der Waals surface area contributed by atoms with Crippen LogP contribution in [0.1, 0.15) is 12.8 Å². The third-order valence-corrected chi connectivity index (χ3v) is 3.58. The van der Waals surface area contributed by atoms with E-state index in [9.17, 15) is 15.0 Å². The van der Waals surface area contributed by atoms with E-state index >= 15 is 0 Å². The Labute approximate surface area is 93.7 Å². The van der Waals surface area contributed by atoms with Crippen LogP contribution in [0.25, 0.3) is 0 Å². The molecule has 16 heavy (non-hydrogen) atoms. The third-order valence-electron chi connectivity index (χ3n) is 3.58. The molecular weight excluding hydrogens is 212 g/mol. The number of esters is 1. The molecule has 0 aromatic carbocycles. The molecule has 1 unspecified atom stereocenters. The molecule has 0 aromatic rings. The van der Waals surface area contributed by atoms with Crippen molar-refractivity contribution < 1.29 is 24.5 Å². The number of aliphatic hydroxyl groups excluding tert-OH is 2. The summed E-state index contributed by atoms with van der Waals surface area (Å²) < 4.78 is 9.71. The number of methoxy groups -OCH3 is 1. The SMILES string of the molecule is COC(=O)C1=CO[C@@H](O)C2[C@@H](CO)CC[C@H]12. The molecule has 5 nitrogen and oxygen atoms in total. The Kier molecular flexibility index (Phi) is 3.16. The van der Waals surface area contributed by atoms with Gasteiger partial charge >= 0.3 is 5.97 Å². The Morgan fingerprint density at radius 2 is 2.38 bits per heavy atom. The Balaban J connectivity index is 2.23. The van der Waals surface area contributed by atoms with Crippen LogP contribution in [0.4, 0.5) is 0 Å². The van der Waals surface area contributed by atoms with Gasteiger partial charge in [-0.1, -0.05) is 0 Å². The van der Waals surface area contributed by atoms with Crippen molar-refractivity contribution in [3.63, 3.8) is 0 Å². The number of fused-ring (bicyclic) bond motifs is 1. The Morgan fingerprint density at radius 3 is 3.00 bits per heavy atom. The zero-order valence-corrected chi connectivity index (χ0v) is 9.13. The standard InChI is InChI=1S/C11H16O5/c1-15-10(13)8-5-16-11(14)9-6(4-12)2-3-7(8)9/h5-7,9,11-12,14H,2-4H2,1H3/t6-,7-,9?,11-/m1/s1. The number of hydrogen-bond donors (Lipinski definition) is 2. The summed E-state index contributed by atoms with van der Waals surface area (Å²) in [5.41, 5.74) is 0.466. The van der Waals surface area contributed by atoms with Crippen LogP contribution >= 0.6 is 0 Å². The smallest absolute Gasteiger partial charge is 0.337 e. The predicted octanol–water partition coefficient (Wildman–Crippen LogP) is 0.0266. The molecule has 1 heterocycles. The van der Waals surface area contributed by atoms with E-state index in [1.54, 1.807) is 0 Å². The van der Waals surface area contributed by atoms with Gasteiger partial charge in [-0.05, 0) is 18.8 Å². The minimum atomic E-state index is -0.932. The predicted molar refractivity (Wildman–Crippen MR) is 54.0 cm³/mol. The first kappa shape index (κ1) is 11.4. The van der Waals surface area contributed by atoms with Gasteiger partial charge in [-0.15, -0.1) is 0 Å². The quantitative estimate of drug-likeness (QED) is 0.652. The first-order valence-electron chi connectivity index (χ1n) is 5.41. The number of ether oxygens (including phenoxy) is 2. The van der Waals surface area contributed by atoms with Crippen molar-refractivity contribution in [1.82, 2.24) is 0 Å². The minimum Gasteiger partial charge on any atom is -0.472 e. The van der Waals surface area contributed by atoms with Gasteiger partial charge in [0.05, 0.1) is 18.9 Å². The molecule has 2 aliphatic rings. The lowest BCUT2D eigenvalue weighted by Gasteiger charge is -2.32. The maximum atomic E-state index is 11.5. The molecule has 1 aliphatic carbocycles. The van der Waals surface area contributed by atoms with Crippen molar-refractivity contribution in [1.29, 1.82) is 0 Å². The van der Waals surface area contributed by atoms with Gasteiger partial charge in [0.1, 0.15) is 0 Å². The van der Waals surface area contributed by atoms with E-state index in [1.807, 2.05) is 0 Å². The Hall–Kier alpha value is -1.07. The van der Waals surface area contributed by atoms with Crippen LogP contribution in [0.2, 0.25) is 0 Å². The first-order chi connectivity index (χ1) is 7.69. The highest BCUT2D eigenvalue weighted by molar-refractivity contribution is 5.88. The lowest BCUT2D eigenvalue weighted by atomic mass is 9.83. The molecule has 4 atom stereocenters. The second-order valence-corrected chi connectivity index (χ2v) is 4.30. The van der Waals surface area contributed by atoms with Crippen LogP contribution in [0.3, 0.4) is 0 Å². The van der Waals surface area contributed by atoms with Crippen molar-refractivity contribution in [2.45, 2.75) is 19.1 Å². The van der Waals surface area contributed by atoms with Gasteiger partial charge < -0.3 is 19.7 Å². The van der Waals surface area contributed by atoms with E-state index in [2.05, 4.69) is 4.74 Å². The molecule has 0 aromatic heterocycles. The van der Waals surface area contributed by atoms with Crippen LogP contribution < -0.4 is 0 Å². The highest BCUT2D eigenvalue weighted by atomic mass is 16.6. The Morgan fingerprint density at radius 1 is 1.62 bits per heavy atom. The fraction of sp³-hybridized carbons (Fsp3) is 0.727. The summed E-state index contributed by atoms with van der Waals surface area (Å²) in [7, 11) is 1.32. The number of hydrogen-bond acceptors (Lipinski definition) is 5. The number of rotatable bonds is 2. The summed E-state index contributed by atoms with van der Waals surface area (Å²) in [5, 5.41) is 18.9. The molecule has 90 valence electrons. The maximum Gasteiger partial charge on any atom is 0.337 e. The van der Waals surface area contributed by atoms with Crippen LogP contribution in [0, 0.1) is 17.8 Å². The lowest BCUT2D eigenvalue weighted by molar-refractivity contribution is -0.146. The lowest BCUT2D eigenvalue weighted by Crippen LogP contribution is -2.37. The monoisotopic (exact) mass is 228 g/mol. The third kappa shape index (κ3) is 1.70. The summed E-state index contributed by atoms with van der Waals surface area (Å²) in [6.45, 7) is 0.00996. The average molecular weight is 228 g/mol. The van der Waals surface area contributed by atoms with E-state index in [0.717, 1.165) is 12.8 Å². The van der Waals surface area contributed by atoms with Crippen LogP contribution in [-0.2, 0) is 14.3 Å². The summed E-state index contributed by atoms with van der Waals surface area (Å²) in [4.78, 5) is 11.5. The average Bonchev–Trinajstić information content (AvgIpc) is 2.73. The second kappa shape index (κ2) is 4.43. The molecule has 2 rings (SSSR count). The van der Waals surface area contributed by atoms with Gasteiger partial charge in [0.15, 0.2) is 6.29 Å². The molecule has 0 saturated heterocycles. The van der Waals surface area contributed by atoms with Crippen molar-refractivity contribution in [2.75, 3.05) is 13.7 Å². The van der Waals surface area contributed by atoms with E-state index in [1.165, 1.54) is 13.4 Å². The van der Waals surface area contributed by atoms with Gasteiger partial charge in [0, 0.05) is 18.4 Å². The fourth-order valence-electron chi connectivity index (χ4n) is 2.75. The molecule has 1 saturated carbocycles. The van der Waals surface area contributed by atoms with Gasteiger partial charge in [-0.3, -0.25) is 0 Å². The zero-order chi connectivity index (χ0) is 11.7. The second-order valence-electron chi connectivity index (χ2n) is 4.30.